The van der Waals surface area contributed by atoms with Crippen LogP contribution in [0.25, 0.3) is 11.1 Å². The normalized spacial score (nSPS) is 14.6. The van der Waals surface area contributed by atoms with Crippen molar-refractivity contribution in [2.24, 2.45) is 4.99 Å². The first-order valence-corrected chi connectivity index (χ1v) is 7.31. The maximum atomic E-state index is 12.1. The van der Waals surface area contributed by atoms with Crippen molar-refractivity contribution in [3.05, 3.63) is 78.6 Å². The minimum atomic E-state index is -0.164. The summed E-state index contributed by atoms with van der Waals surface area (Å²) in [4.78, 5) is 20.7. The molecule has 0 unspecified atom stereocenters. The van der Waals surface area contributed by atoms with E-state index in [4.69, 9.17) is 0 Å². The van der Waals surface area contributed by atoms with Crippen LogP contribution in [-0.2, 0) is 4.79 Å². The summed E-state index contributed by atoms with van der Waals surface area (Å²) in [5.74, 6) is -0.164. The molecule has 0 spiro atoms. The summed E-state index contributed by atoms with van der Waals surface area (Å²) in [7, 11) is 0. The van der Waals surface area contributed by atoms with E-state index < -0.39 is 0 Å². The van der Waals surface area contributed by atoms with Crippen molar-refractivity contribution in [3.63, 3.8) is 0 Å². The van der Waals surface area contributed by atoms with E-state index in [1.807, 2.05) is 66.9 Å². The average molecular weight is 299 g/mol. The van der Waals surface area contributed by atoms with Crippen molar-refractivity contribution in [3.8, 4) is 11.1 Å². The lowest BCUT2D eigenvalue weighted by atomic mass is 10.1. The van der Waals surface area contributed by atoms with Gasteiger partial charge >= 0.3 is 0 Å². The van der Waals surface area contributed by atoms with Crippen LogP contribution in [0.15, 0.2) is 78.0 Å². The van der Waals surface area contributed by atoms with Gasteiger partial charge in [-0.1, -0.05) is 36.4 Å². The molecule has 2 heterocycles. The van der Waals surface area contributed by atoms with Crippen LogP contribution in [0, 0.1) is 0 Å². The van der Waals surface area contributed by atoms with Gasteiger partial charge in [0.1, 0.15) is 5.71 Å². The van der Waals surface area contributed by atoms with Crippen molar-refractivity contribution in [2.75, 3.05) is 5.32 Å². The number of benzene rings is 2. The lowest BCUT2D eigenvalue weighted by Gasteiger charge is -2.02. The molecule has 0 aliphatic carbocycles. The monoisotopic (exact) mass is 299 g/mol. The Morgan fingerprint density at radius 2 is 1.70 bits per heavy atom. The second-order valence-electron chi connectivity index (χ2n) is 5.25. The molecule has 2 aromatic carbocycles. The SMILES string of the molecule is O=C1Nc2ccccc2C1=Nc1ccc(-c2cccnc2)cc1. The Kier molecular flexibility index (Phi) is 3.20. The van der Waals surface area contributed by atoms with Gasteiger partial charge in [-0.3, -0.25) is 9.78 Å². The Hall–Kier alpha value is -3.27. The highest BCUT2D eigenvalue weighted by Gasteiger charge is 2.25. The molecule has 0 atom stereocenters. The molecule has 1 aliphatic heterocycles. The number of nitrogens with one attached hydrogen (secondary N) is 1. The van der Waals surface area contributed by atoms with E-state index in [0.29, 0.717) is 5.71 Å². The largest absolute Gasteiger partial charge is 0.320 e. The van der Waals surface area contributed by atoms with E-state index in [-0.39, 0.29) is 5.91 Å². The van der Waals surface area contributed by atoms with Gasteiger partial charge in [0.05, 0.1) is 11.4 Å². The van der Waals surface area contributed by atoms with Crippen LogP contribution in [0.4, 0.5) is 11.4 Å². The standard InChI is InChI=1S/C19H13N3O/c23-19-18(16-5-1-2-6-17(16)22-19)21-15-9-7-13(8-10-15)14-4-3-11-20-12-14/h1-12H,(H,21,22,23). The molecule has 1 aliphatic rings. The molecule has 4 rings (SSSR count). The van der Waals surface area contributed by atoms with Crippen LogP contribution in [0.2, 0.25) is 0 Å². The summed E-state index contributed by atoms with van der Waals surface area (Å²) >= 11 is 0. The van der Waals surface area contributed by atoms with Crippen LogP contribution in [0.3, 0.4) is 0 Å². The molecule has 0 saturated heterocycles. The van der Waals surface area contributed by atoms with Crippen molar-refractivity contribution >= 4 is 23.0 Å². The van der Waals surface area contributed by atoms with E-state index >= 15 is 0 Å². The topological polar surface area (TPSA) is 54.4 Å². The third-order valence-electron chi connectivity index (χ3n) is 3.75. The number of aromatic nitrogens is 1. The number of carbonyl (C=O) groups excluding carboxylic acids is 1. The molecule has 23 heavy (non-hydrogen) atoms. The third kappa shape index (κ3) is 2.51. The maximum absolute atomic E-state index is 12.1. The van der Waals surface area contributed by atoms with Gasteiger partial charge in [0.2, 0.25) is 0 Å². The highest BCUT2D eigenvalue weighted by molar-refractivity contribution is 6.54. The van der Waals surface area contributed by atoms with Gasteiger partial charge in [-0.2, -0.15) is 0 Å². The minimum Gasteiger partial charge on any atom is -0.320 e. The van der Waals surface area contributed by atoms with Crippen LogP contribution in [0.5, 0.6) is 0 Å². The van der Waals surface area contributed by atoms with E-state index in [0.717, 1.165) is 28.1 Å². The van der Waals surface area contributed by atoms with E-state index in [1.54, 1.807) is 6.20 Å². The quantitative estimate of drug-likeness (QED) is 0.782. The Labute approximate surface area is 133 Å². The average Bonchev–Trinajstić information content (AvgIpc) is 2.92. The predicted octanol–water partition coefficient (Wildman–Crippen LogP) is 3.82. The van der Waals surface area contributed by atoms with Gasteiger partial charge in [-0.15, -0.1) is 0 Å². The molecule has 1 N–H and O–H groups in total. The molecule has 1 amide bonds. The molecular weight excluding hydrogens is 286 g/mol. The lowest BCUT2D eigenvalue weighted by molar-refractivity contribution is -0.110. The van der Waals surface area contributed by atoms with E-state index in [1.165, 1.54) is 0 Å². The van der Waals surface area contributed by atoms with Crippen molar-refractivity contribution in [2.45, 2.75) is 0 Å². The van der Waals surface area contributed by atoms with E-state index in [2.05, 4.69) is 15.3 Å². The number of para-hydroxylation sites is 1. The number of hydrogen-bond donors (Lipinski definition) is 1. The second kappa shape index (κ2) is 5.50. The first kappa shape index (κ1) is 13.4. The van der Waals surface area contributed by atoms with Gasteiger partial charge in [-0.05, 0) is 35.4 Å². The fourth-order valence-electron chi connectivity index (χ4n) is 2.60. The number of pyridine rings is 1. The molecule has 4 heteroatoms. The Bertz CT molecular complexity index is 899. The predicted molar refractivity (Wildman–Crippen MR) is 90.9 cm³/mol. The molecular formula is C19H13N3O. The van der Waals surface area contributed by atoms with Crippen LogP contribution >= 0.6 is 0 Å². The summed E-state index contributed by atoms with van der Waals surface area (Å²) in [6.07, 6.45) is 3.57. The smallest absolute Gasteiger partial charge is 0.275 e. The number of aliphatic imine (C=N–C) groups is 1. The Morgan fingerprint density at radius 1 is 0.870 bits per heavy atom. The fraction of sp³-hybridized carbons (Fsp3) is 0. The first-order chi connectivity index (χ1) is 11.3. The van der Waals surface area contributed by atoms with Crippen LogP contribution in [-0.4, -0.2) is 16.6 Å². The fourth-order valence-corrected chi connectivity index (χ4v) is 2.60. The highest BCUT2D eigenvalue weighted by Crippen LogP contribution is 2.26. The Morgan fingerprint density at radius 3 is 2.48 bits per heavy atom. The number of hydrogen-bond acceptors (Lipinski definition) is 3. The van der Waals surface area contributed by atoms with Gasteiger partial charge in [0.15, 0.2) is 0 Å². The molecule has 0 radical (unpaired) electrons. The van der Waals surface area contributed by atoms with Gasteiger partial charge in [-0.25, -0.2) is 4.99 Å². The molecule has 0 fully saturated rings. The van der Waals surface area contributed by atoms with Crippen molar-refractivity contribution in [1.29, 1.82) is 0 Å². The van der Waals surface area contributed by atoms with Gasteiger partial charge in [0.25, 0.3) is 5.91 Å². The molecule has 4 nitrogen and oxygen atoms in total. The zero-order valence-electron chi connectivity index (χ0n) is 12.2. The summed E-state index contributed by atoms with van der Waals surface area (Å²) in [6.45, 7) is 0. The zero-order valence-corrected chi connectivity index (χ0v) is 12.2. The molecule has 3 aromatic rings. The van der Waals surface area contributed by atoms with Crippen LogP contribution < -0.4 is 5.32 Å². The molecule has 0 bridgehead atoms. The number of carbonyl (C=O) groups is 1. The molecule has 110 valence electrons. The zero-order chi connectivity index (χ0) is 15.6. The van der Waals surface area contributed by atoms with Crippen LogP contribution in [0.1, 0.15) is 5.56 Å². The number of anilines is 1. The summed E-state index contributed by atoms with van der Waals surface area (Å²) in [5.41, 5.74) is 4.97. The number of rotatable bonds is 2. The van der Waals surface area contributed by atoms with Gasteiger partial charge < -0.3 is 5.32 Å². The van der Waals surface area contributed by atoms with Crippen molar-refractivity contribution in [1.82, 2.24) is 4.98 Å². The summed E-state index contributed by atoms with van der Waals surface area (Å²) in [5, 5.41) is 2.83. The summed E-state index contributed by atoms with van der Waals surface area (Å²) < 4.78 is 0. The maximum Gasteiger partial charge on any atom is 0.275 e. The second-order valence-corrected chi connectivity index (χ2v) is 5.25. The number of amides is 1. The minimum absolute atomic E-state index is 0.164. The lowest BCUT2D eigenvalue weighted by Crippen LogP contribution is -2.13. The molecule has 0 saturated carbocycles. The number of nitrogens with zero attached hydrogens (tertiary/aromatic N) is 2. The first-order valence-electron chi connectivity index (χ1n) is 7.31. The van der Waals surface area contributed by atoms with Gasteiger partial charge in [0, 0.05) is 18.0 Å². The summed E-state index contributed by atoms with van der Waals surface area (Å²) in [6, 6.07) is 19.3. The molecule has 1 aromatic heterocycles. The highest BCUT2D eigenvalue weighted by atomic mass is 16.2. The van der Waals surface area contributed by atoms with Crippen molar-refractivity contribution < 1.29 is 4.79 Å². The number of fused-ring (bicyclic) bond motifs is 1. The third-order valence-corrected chi connectivity index (χ3v) is 3.75. The Balaban J connectivity index is 1.68. The van der Waals surface area contributed by atoms with E-state index in [9.17, 15) is 4.79 Å².